The molecule has 3 amide bonds. The van der Waals surface area contributed by atoms with Crippen LogP contribution in [0, 0.1) is 0 Å². The molecule has 1 fully saturated rings. The van der Waals surface area contributed by atoms with Gasteiger partial charge in [-0.2, -0.15) is 0 Å². The molecule has 1 N–H and O–H groups in total. The van der Waals surface area contributed by atoms with Crippen LogP contribution in [-0.2, 0) is 4.74 Å². The highest BCUT2D eigenvalue weighted by atomic mass is 16.5. The molecule has 2 rings (SSSR count). The molecule has 0 spiro atoms. The van der Waals surface area contributed by atoms with Gasteiger partial charge in [-0.05, 0) is 25.0 Å². The van der Waals surface area contributed by atoms with E-state index < -0.39 is 0 Å². The van der Waals surface area contributed by atoms with Crippen LogP contribution in [0.2, 0.25) is 0 Å². The second-order valence-corrected chi connectivity index (χ2v) is 5.45. The number of rotatable bonds is 5. The third kappa shape index (κ3) is 4.24. The summed E-state index contributed by atoms with van der Waals surface area (Å²) in [6.45, 7) is 2.19. The fourth-order valence-electron chi connectivity index (χ4n) is 2.47. The Hall–Kier alpha value is -2.02. The summed E-state index contributed by atoms with van der Waals surface area (Å²) in [5, 5.41) is 2.77. The van der Waals surface area contributed by atoms with Gasteiger partial charge in [-0.1, -0.05) is 0 Å². The van der Waals surface area contributed by atoms with Crippen LogP contribution in [0.15, 0.2) is 22.8 Å². The van der Waals surface area contributed by atoms with E-state index in [4.69, 9.17) is 9.15 Å². The van der Waals surface area contributed by atoms with Crippen molar-refractivity contribution in [3.05, 3.63) is 24.2 Å². The zero-order valence-corrected chi connectivity index (χ0v) is 13.1. The Kier molecular flexibility index (Phi) is 5.83. The van der Waals surface area contributed by atoms with Gasteiger partial charge in [-0.3, -0.25) is 4.79 Å². The van der Waals surface area contributed by atoms with Crippen LogP contribution in [-0.4, -0.2) is 68.2 Å². The Balaban J connectivity index is 1.88. The molecule has 0 aliphatic carbocycles. The monoisotopic (exact) mass is 309 g/mol. The molecular weight excluding hydrogens is 286 g/mol. The van der Waals surface area contributed by atoms with Crippen molar-refractivity contribution in [2.45, 2.75) is 18.9 Å². The van der Waals surface area contributed by atoms with Gasteiger partial charge in [0.1, 0.15) is 0 Å². The molecule has 0 bridgehead atoms. The minimum Gasteiger partial charge on any atom is -0.459 e. The Morgan fingerprint density at radius 1 is 1.32 bits per heavy atom. The molecule has 0 radical (unpaired) electrons. The Bertz CT molecular complexity index is 481. The summed E-state index contributed by atoms with van der Waals surface area (Å²) >= 11 is 0. The molecule has 22 heavy (non-hydrogen) atoms. The van der Waals surface area contributed by atoms with Gasteiger partial charge in [-0.15, -0.1) is 0 Å². The topological polar surface area (TPSA) is 75.0 Å². The Labute approximate surface area is 130 Å². The maximum atomic E-state index is 12.3. The number of ether oxygens (including phenoxy) is 1. The van der Waals surface area contributed by atoms with Crippen molar-refractivity contribution >= 4 is 11.9 Å². The maximum Gasteiger partial charge on any atom is 0.319 e. The number of nitrogens with one attached hydrogen (secondary N) is 1. The number of carbonyl (C=O) groups excluding carboxylic acids is 2. The summed E-state index contributed by atoms with van der Waals surface area (Å²) in [5.41, 5.74) is 0. The van der Waals surface area contributed by atoms with Gasteiger partial charge in [0, 0.05) is 46.4 Å². The molecule has 122 valence electrons. The van der Waals surface area contributed by atoms with E-state index in [-0.39, 0.29) is 23.7 Å². The van der Waals surface area contributed by atoms with Crippen LogP contribution in [0.4, 0.5) is 4.79 Å². The summed E-state index contributed by atoms with van der Waals surface area (Å²) in [5.74, 6) is 0.00535. The van der Waals surface area contributed by atoms with Crippen molar-refractivity contribution < 1.29 is 18.7 Å². The molecule has 1 aromatic rings. The highest BCUT2D eigenvalue weighted by molar-refractivity contribution is 5.91. The molecule has 1 aromatic heterocycles. The largest absolute Gasteiger partial charge is 0.459 e. The predicted molar refractivity (Wildman–Crippen MR) is 80.7 cm³/mol. The summed E-state index contributed by atoms with van der Waals surface area (Å²) in [4.78, 5) is 27.5. The molecule has 1 aliphatic heterocycles. The molecular formula is C15H23N3O4. The third-order valence-electron chi connectivity index (χ3n) is 3.64. The van der Waals surface area contributed by atoms with Gasteiger partial charge in [0.15, 0.2) is 5.76 Å². The lowest BCUT2D eigenvalue weighted by atomic mass is 10.1. The van der Waals surface area contributed by atoms with E-state index in [1.54, 1.807) is 31.1 Å². The van der Waals surface area contributed by atoms with E-state index in [9.17, 15) is 9.59 Å². The molecule has 7 nitrogen and oxygen atoms in total. The molecule has 0 atom stereocenters. The first-order chi connectivity index (χ1) is 10.6. The van der Waals surface area contributed by atoms with Crippen molar-refractivity contribution in [3.8, 4) is 0 Å². The number of amides is 3. The lowest BCUT2D eigenvalue weighted by Gasteiger charge is -2.36. The van der Waals surface area contributed by atoms with Crippen molar-refractivity contribution in [2.24, 2.45) is 0 Å². The highest BCUT2D eigenvalue weighted by Gasteiger charge is 2.26. The first-order valence-electron chi connectivity index (χ1n) is 7.47. The maximum absolute atomic E-state index is 12.3. The van der Waals surface area contributed by atoms with Gasteiger partial charge >= 0.3 is 6.03 Å². The van der Waals surface area contributed by atoms with E-state index in [0.29, 0.717) is 26.3 Å². The number of urea groups is 1. The molecule has 0 saturated carbocycles. The minimum atomic E-state index is -0.269. The van der Waals surface area contributed by atoms with E-state index in [1.807, 2.05) is 4.90 Å². The van der Waals surface area contributed by atoms with Crippen molar-refractivity contribution in [1.29, 1.82) is 0 Å². The number of nitrogens with zero attached hydrogens (tertiary/aromatic N) is 2. The van der Waals surface area contributed by atoms with Gasteiger partial charge in [-0.25, -0.2) is 4.79 Å². The van der Waals surface area contributed by atoms with Crippen LogP contribution in [0.3, 0.4) is 0 Å². The zero-order valence-electron chi connectivity index (χ0n) is 13.1. The summed E-state index contributed by atoms with van der Waals surface area (Å²) in [7, 11) is 3.46. The predicted octanol–water partition coefficient (Wildman–Crippen LogP) is 1.17. The van der Waals surface area contributed by atoms with Gasteiger partial charge in [0.25, 0.3) is 5.91 Å². The molecule has 0 aromatic carbocycles. The van der Waals surface area contributed by atoms with Crippen molar-refractivity contribution in [1.82, 2.24) is 15.1 Å². The van der Waals surface area contributed by atoms with Crippen LogP contribution in [0.25, 0.3) is 0 Å². The number of hydrogen-bond donors (Lipinski definition) is 1. The van der Waals surface area contributed by atoms with Gasteiger partial charge in [0.2, 0.25) is 0 Å². The Morgan fingerprint density at radius 3 is 2.64 bits per heavy atom. The smallest absolute Gasteiger partial charge is 0.319 e. The first kappa shape index (κ1) is 16.4. The number of carbonyl (C=O) groups is 2. The average Bonchev–Trinajstić information content (AvgIpc) is 3.06. The average molecular weight is 309 g/mol. The zero-order chi connectivity index (χ0) is 15.9. The molecule has 2 heterocycles. The van der Waals surface area contributed by atoms with Crippen molar-refractivity contribution in [2.75, 3.05) is 40.4 Å². The minimum absolute atomic E-state index is 0.0425. The van der Waals surface area contributed by atoms with E-state index >= 15 is 0 Å². The normalized spacial score (nSPS) is 15.4. The van der Waals surface area contributed by atoms with Crippen LogP contribution >= 0.6 is 0 Å². The van der Waals surface area contributed by atoms with Gasteiger partial charge < -0.3 is 24.3 Å². The van der Waals surface area contributed by atoms with Crippen molar-refractivity contribution in [3.63, 3.8) is 0 Å². The third-order valence-corrected chi connectivity index (χ3v) is 3.64. The second kappa shape index (κ2) is 7.84. The Morgan fingerprint density at radius 2 is 2.05 bits per heavy atom. The molecule has 1 aliphatic rings. The second-order valence-electron chi connectivity index (χ2n) is 5.45. The van der Waals surface area contributed by atoms with E-state index in [0.717, 1.165) is 12.8 Å². The van der Waals surface area contributed by atoms with Gasteiger partial charge in [0.05, 0.1) is 6.26 Å². The van der Waals surface area contributed by atoms with Crippen LogP contribution in [0.5, 0.6) is 0 Å². The van der Waals surface area contributed by atoms with Crippen LogP contribution < -0.4 is 5.32 Å². The summed E-state index contributed by atoms with van der Waals surface area (Å²) in [6.07, 6.45) is 3.11. The fraction of sp³-hybridized carbons (Fsp3) is 0.600. The standard InChI is InChI=1S/C15H23N3O4/c1-17(2)15(20)18(12-5-10-21-11-6-12)8-7-16-14(19)13-4-3-9-22-13/h3-4,9,12H,5-8,10-11H2,1-2H3,(H,16,19). The molecule has 1 saturated heterocycles. The van der Waals surface area contributed by atoms with E-state index in [1.165, 1.54) is 6.26 Å². The lowest BCUT2D eigenvalue weighted by Crippen LogP contribution is -2.50. The van der Waals surface area contributed by atoms with Crippen LogP contribution in [0.1, 0.15) is 23.4 Å². The molecule has 7 heteroatoms. The lowest BCUT2D eigenvalue weighted by molar-refractivity contribution is 0.0415. The van der Waals surface area contributed by atoms with E-state index in [2.05, 4.69) is 5.32 Å². The SMILES string of the molecule is CN(C)C(=O)N(CCNC(=O)c1ccco1)C1CCOCC1. The summed E-state index contributed by atoms with van der Waals surface area (Å²) < 4.78 is 10.4. The first-order valence-corrected chi connectivity index (χ1v) is 7.47. The fourth-order valence-corrected chi connectivity index (χ4v) is 2.47. The number of hydrogen-bond acceptors (Lipinski definition) is 4. The quantitative estimate of drug-likeness (QED) is 0.886. The molecule has 0 unspecified atom stereocenters. The highest BCUT2D eigenvalue weighted by Crippen LogP contribution is 2.15. The summed E-state index contributed by atoms with van der Waals surface area (Å²) in [6, 6.07) is 3.39. The number of furan rings is 1.